The molecule has 2 amide bonds. The minimum Gasteiger partial charge on any atom is -0.423 e. The van der Waals surface area contributed by atoms with Crippen molar-refractivity contribution in [3.8, 4) is 0 Å². The van der Waals surface area contributed by atoms with Crippen molar-refractivity contribution in [1.82, 2.24) is 25.0 Å². The minimum atomic E-state index is -0.798. The molecule has 4 N–H and O–H groups in total. The Morgan fingerprint density at radius 1 is 1.19 bits per heavy atom. The second-order valence-corrected chi connectivity index (χ2v) is 17.6. The fourth-order valence-electron chi connectivity index (χ4n) is 11.1. The van der Waals surface area contributed by atoms with Crippen molar-refractivity contribution in [2.24, 2.45) is 22.7 Å². The summed E-state index contributed by atoms with van der Waals surface area (Å²) in [4.78, 5) is 51.1. The summed E-state index contributed by atoms with van der Waals surface area (Å²) in [6, 6.07) is 4.08. The number of hydrogen-bond donors (Lipinski definition) is 4. The van der Waals surface area contributed by atoms with Crippen molar-refractivity contribution in [3.63, 3.8) is 0 Å². The smallest absolute Gasteiger partial charge is 0.341 e. The Morgan fingerprint density at radius 3 is 2.65 bits per heavy atom. The van der Waals surface area contributed by atoms with Crippen molar-refractivity contribution < 1.29 is 38.8 Å². The van der Waals surface area contributed by atoms with Crippen LogP contribution in [0.2, 0.25) is 0 Å². The van der Waals surface area contributed by atoms with Gasteiger partial charge >= 0.3 is 5.97 Å². The molecule has 14 nitrogen and oxygen atoms in total. The van der Waals surface area contributed by atoms with Crippen molar-refractivity contribution in [2.45, 2.75) is 102 Å². The predicted octanol–water partition coefficient (Wildman–Crippen LogP) is 2.72. The fourth-order valence-corrected chi connectivity index (χ4v) is 11.1. The van der Waals surface area contributed by atoms with E-state index in [2.05, 4.69) is 27.4 Å². The Balaban J connectivity index is 1.14. The maximum Gasteiger partial charge on any atom is 0.341 e. The first kappa shape index (κ1) is 39.9. The maximum atomic E-state index is 14.0. The van der Waals surface area contributed by atoms with E-state index in [1.165, 1.54) is 0 Å². The summed E-state index contributed by atoms with van der Waals surface area (Å²) in [7, 11) is 1.95. The van der Waals surface area contributed by atoms with Crippen molar-refractivity contribution in [2.75, 3.05) is 51.9 Å². The quantitative estimate of drug-likeness (QED) is 0.192. The molecule has 14 heteroatoms. The van der Waals surface area contributed by atoms with Gasteiger partial charge in [-0.15, -0.1) is 0 Å². The summed E-state index contributed by atoms with van der Waals surface area (Å²) in [6.07, 6.45) is 13.2. The van der Waals surface area contributed by atoms with E-state index in [-0.39, 0.29) is 48.5 Å². The number of anilines is 1. The first-order valence-corrected chi connectivity index (χ1v) is 20.7. The number of cyclic esters (lactones) is 1. The number of nitrogens with zero attached hydrogens (tertiary/aromatic N) is 4. The molecule has 57 heavy (non-hydrogen) atoms. The standard InChI is InChI=1S/C43H58N6O8/c1-6-31-39(53)49-23-27(10-11-37(49)47(31)5)19-28-20-29(40(54)57-28)30(46-36-9-7-8-14-44-36)21-33-41(3)13-12-35(51)42(4,24-50)32(41)22-34(43(33)25-56-43)45-26(2)38(52)48-15-17-55-18-16-48/h7-11,14,19-20,23,26,30-35,37,45,50-51H,6,12-13,15-18,21-22,24-25H2,1-5H3,(H,44,46)/b28-19+/t26?,30?,31?,32?,33?,34?,35-,37?,41+,42+,43?/m1/s1. The molecule has 7 aliphatic rings. The number of morpholine rings is 1. The summed E-state index contributed by atoms with van der Waals surface area (Å²) in [6.45, 7) is 10.5. The molecular formula is C43H58N6O8. The number of fused-ring (bicyclic) bond motifs is 2. The molecule has 308 valence electrons. The number of pyridine rings is 1. The van der Waals surface area contributed by atoms with Gasteiger partial charge in [-0.3, -0.25) is 19.4 Å². The molecule has 1 spiro atoms. The summed E-state index contributed by atoms with van der Waals surface area (Å²) in [5, 5.41) is 29.7. The van der Waals surface area contributed by atoms with Gasteiger partial charge in [0.1, 0.15) is 23.3 Å². The van der Waals surface area contributed by atoms with E-state index < -0.39 is 40.6 Å². The predicted molar refractivity (Wildman–Crippen MR) is 211 cm³/mol. The topological polar surface area (TPSA) is 169 Å². The normalized spacial score (nSPS) is 38.1. The van der Waals surface area contributed by atoms with Crippen LogP contribution in [0, 0.1) is 22.7 Å². The van der Waals surface area contributed by atoms with E-state index in [4.69, 9.17) is 14.2 Å². The Kier molecular flexibility index (Phi) is 10.7. The largest absolute Gasteiger partial charge is 0.423 e. The van der Waals surface area contributed by atoms with Crippen LogP contribution in [0.25, 0.3) is 0 Å². The molecule has 3 saturated heterocycles. The van der Waals surface area contributed by atoms with E-state index in [0.29, 0.717) is 82.2 Å². The van der Waals surface area contributed by atoms with Gasteiger partial charge in [-0.2, -0.15) is 0 Å². The SMILES string of the molecule is CCC1C(=O)N2C=C(/C=C3\C=C(C(CC4C5(CO5)C(NC(C)C(=O)N5CCOCC5)CC5[C@]4(C)CC[C@@H](O)[C@@]5(C)CO)Nc4ccccn4)C(=O)O3)C=CC2N1C. The number of esters is 1. The lowest BCUT2D eigenvalue weighted by Crippen LogP contribution is -2.68. The highest BCUT2D eigenvalue weighted by Crippen LogP contribution is 2.66. The number of aromatic nitrogens is 1. The Hall–Kier alpha value is -3.92. The molecule has 5 aliphatic heterocycles. The zero-order valence-corrected chi connectivity index (χ0v) is 33.7. The molecule has 1 aromatic heterocycles. The lowest BCUT2D eigenvalue weighted by Gasteiger charge is -2.63. The Bertz CT molecular complexity index is 1860. The number of aliphatic hydroxyl groups excluding tert-OH is 2. The van der Waals surface area contributed by atoms with Crippen LogP contribution in [-0.2, 0) is 28.6 Å². The van der Waals surface area contributed by atoms with Gasteiger partial charge in [0.15, 0.2) is 0 Å². The van der Waals surface area contributed by atoms with Crippen LogP contribution < -0.4 is 10.6 Å². The monoisotopic (exact) mass is 786 g/mol. The van der Waals surface area contributed by atoms with E-state index >= 15 is 0 Å². The molecule has 8 unspecified atom stereocenters. The number of carbonyl (C=O) groups excluding carboxylic acids is 3. The van der Waals surface area contributed by atoms with Crippen LogP contribution >= 0.6 is 0 Å². The van der Waals surface area contributed by atoms with Gasteiger partial charge in [0, 0.05) is 36.9 Å². The number of hydrogen-bond acceptors (Lipinski definition) is 12. The second-order valence-electron chi connectivity index (χ2n) is 17.6. The molecule has 6 heterocycles. The highest BCUT2D eigenvalue weighted by atomic mass is 16.6. The van der Waals surface area contributed by atoms with Gasteiger partial charge < -0.3 is 40.0 Å². The molecule has 1 aromatic rings. The van der Waals surface area contributed by atoms with E-state index in [0.717, 1.165) is 5.57 Å². The highest BCUT2D eigenvalue weighted by Gasteiger charge is 2.71. The van der Waals surface area contributed by atoms with Crippen molar-refractivity contribution in [1.29, 1.82) is 0 Å². The third-order valence-electron chi connectivity index (χ3n) is 14.5. The lowest BCUT2D eigenvalue weighted by molar-refractivity contribution is -0.184. The molecule has 2 aliphatic carbocycles. The fraction of sp³-hybridized carbons (Fsp3) is 0.628. The number of nitrogens with one attached hydrogen (secondary N) is 2. The number of aliphatic hydroxyl groups is 2. The van der Waals surface area contributed by atoms with E-state index in [1.807, 2.05) is 69.3 Å². The number of ether oxygens (including phenoxy) is 3. The van der Waals surface area contributed by atoms with Crippen LogP contribution in [0.15, 0.2) is 71.8 Å². The lowest BCUT2D eigenvalue weighted by atomic mass is 9.43. The first-order chi connectivity index (χ1) is 27.3. The van der Waals surface area contributed by atoms with Gasteiger partial charge in [0.25, 0.3) is 0 Å². The molecular weight excluding hydrogens is 729 g/mol. The molecule has 5 fully saturated rings. The van der Waals surface area contributed by atoms with Crippen LogP contribution in [0.5, 0.6) is 0 Å². The average molecular weight is 787 g/mol. The van der Waals surface area contributed by atoms with E-state index in [1.54, 1.807) is 23.2 Å². The third-order valence-corrected chi connectivity index (χ3v) is 14.5. The number of epoxide rings is 1. The summed E-state index contributed by atoms with van der Waals surface area (Å²) in [5.41, 5.74) is -0.681. The van der Waals surface area contributed by atoms with Crippen LogP contribution in [0.4, 0.5) is 5.82 Å². The van der Waals surface area contributed by atoms with Gasteiger partial charge in [-0.25, -0.2) is 9.78 Å². The summed E-state index contributed by atoms with van der Waals surface area (Å²) in [5.74, 6) is 0.243. The minimum absolute atomic E-state index is 0.00481. The Morgan fingerprint density at radius 2 is 1.96 bits per heavy atom. The first-order valence-electron chi connectivity index (χ1n) is 20.7. The number of allylic oxidation sites excluding steroid dienone is 4. The van der Waals surface area contributed by atoms with Crippen LogP contribution in [0.1, 0.15) is 59.8 Å². The highest BCUT2D eigenvalue weighted by molar-refractivity contribution is 5.95. The number of likely N-dealkylation sites (N-methyl/N-ethyl adjacent to an activating group) is 1. The van der Waals surface area contributed by atoms with Crippen molar-refractivity contribution >= 4 is 23.6 Å². The summed E-state index contributed by atoms with van der Waals surface area (Å²) < 4.78 is 18.0. The van der Waals surface area contributed by atoms with E-state index in [9.17, 15) is 24.6 Å². The van der Waals surface area contributed by atoms with Crippen LogP contribution in [0.3, 0.4) is 0 Å². The molecule has 2 saturated carbocycles. The molecule has 0 aromatic carbocycles. The third kappa shape index (κ3) is 6.95. The molecule has 11 atom stereocenters. The number of carbonyl (C=O) groups is 3. The second kappa shape index (κ2) is 15.4. The molecule has 0 bridgehead atoms. The molecule has 0 radical (unpaired) electrons. The van der Waals surface area contributed by atoms with Crippen LogP contribution in [-0.4, -0.2) is 136 Å². The number of rotatable bonds is 11. The molecule has 8 rings (SSSR count). The maximum absolute atomic E-state index is 14.0. The van der Waals surface area contributed by atoms with Gasteiger partial charge in [-0.05, 0) is 99.3 Å². The average Bonchev–Trinajstić information content (AvgIpc) is 3.87. The van der Waals surface area contributed by atoms with Crippen molar-refractivity contribution in [3.05, 3.63) is 71.8 Å². The Labute approximate surface area is 335 Å². The van der Waals surface area contributed by atoms with Gasteiger partial charge in [0.2, 0.25) is 11.8 Å². The summed E-state index contributed by atoms with van der Waals surface area (Å²) >= 11 is 0. The van der Waals surface area contributed by atoms with Gasteiger partial charge in [0.05, 0.1) is 56.2 Å². The number of amides is 2. The zero-order valence-electron chi connectivity index (χ0n) is 33.7. The van der Waals surface area contributed by atoms with Gasteiger partial charge in [-0.1, -0.05) is 32.9 Å². The zero-order chi connectivity index (χ0) is 40.3.